The fourth-order valence-electron chi connectivity index (χ4n) is 1.67. The molecule has 0 heterocycles. The number of esters is 1. The molecular weight excluding hydrogens is 292 g/mol. The minimum atomic E-state index is -0.757. The van der Waals surface area contributed by atoms with E-state index in [0.29, 0.717) is 0 Å². The van der Waals surface area contributed by atoms with E-state index in [1.165, 1.54) is 20.1 Å². The third-order valence-electron chi connectivity index (χ3n) is 2.44. The van der Waals surface area contributed by atoms with Crippen molar-refractivity contribution in [1.29, 1.82) is 0 Å². The molecule has 8 heteroatoms. The van der Waals surface area contributed by atoms with Gasteiger partial charge in [0.15, 0.2) is 0 Å². The molecule has 0 aliphatic rings. The molecule has 0 aliphatic carbocycles. The highest BCUT2D eigenvalue weighted by Crippen LogP contribution is 2.33. The van der Waals surface area contributed by atoms with Crippen LogP contribution in [0.25, 0.3) is 0 Å². The van der Waals surface area contributed by atoms with E-state index in [4.69, 9.17) is 9.47 Å². The van der Waals surface area contributed by atoms with E-state index in [-0.39, 0.29) is 17.0 Å². The van der Waals surface area contributed by atoms with Gasteiger partial charge in [0.2, 0.25) is 5.91 Å². The highest BCUT2D eigenvalue weighted by molar-refractivity contribution is 5.97. The average molecular weight is 310 g/mol. The van der Waals surface area contributed by atoms with Gasteiger partial charge >= 0.3 is 5.97 Å². The number of methoxy groups -OCH3 is 1. The zero-order chi connectivity index (χ0) is 17.1. The van der Waals surface area contributed by atoms with Gasteiger partial charge in [-0.05, 0) is 20.8 Å². The Morgan fingerprint density at radius 1 is 1.27 bits per heavy atom. The Morgan fingerprint density at radius 3 is 2.27 bits per heavy atom. The van der Waals surface area contributed by atoms with Gasteiger partial charge in [-0.3, -0.25) is 14.9 Å². The first-order chi connectivity index (χ1) is 10.0. The molecule has 1 aromatic rings. The molecule has 0 bridgehead atoms. The highest BCUT2D eigenvalue weighted by atomic mass is 16.6. The van der Waals surface area contributed by atoms with Crippen LogP contribution >= 0.6 is 0 Å². The summed E-state index contributed by atoms with van der Waals surface area (Å²) in [7, 11) is 1.31. The van der Waals surface area contributed by atoms with Crippen LogP contribution in [0, 0.1) is 10.1 Å². The first-order valence-electron chi connectivity index (χ1n) is 6.42. The van der Waals surface area contributed by atoms with E-state index >= 15 is 0 Å². The summed E-state index contributed by atoms with van der Waals surface area (Å²) in [6.07, 6.45) is 0. The Labute approximate surface area is 127 Å². The standard InChI is InChI=1S/C14H18N2O6/c1-8(17)15-10-7-12(21-5)9(6-11(10)16(19)20)13(18)22-14(2,3)4/h6-7H,1-5H3,(H,15,17). The maximum Gasteiger partial charge on any atom is 0.342 e. The molecule has 0 atom stereocenters. The smallest absolute Gasteiger partial charge is 0.342 e. The molecule has 120 valence electrons. The van der Waals surface area contributed by atoms with Gasteiger partial charge in [0, 0.05) is 19.1 Å². The number of nitrogens with one attached hydrogen (secondary N) is 1. The Bertz CT molecular complexity index is 618. The fourth-order valence-corrected chi connectivity index (χ4v) is 1.67. The summed E-state index contributed by atoms with van der Waals surface area (Å²) in [5, 5.41) is 13.5. The van der Waals surface area contributed by atoms with E-state index in [2.05, 4.69) is 5.32 Å². The van der Waals surface area contributed by atoms with Crippen LogP contribution in [0.2, 0.25) is 0 Å². The maximum absolute atomic E-state index is 12.1. The van der Waals surface area contributed by atoms with E-state index in [9.17, 15) is 19.7 Å². The number of nitro groups is 1. The molecular formula is C14H18N2O6. The van der Waals surface area contributed by atoms with Crippen LogP contribution in [0.5, 0.6) is 5.75 Å². The number of carbonyl (C=O) groups is 2. The van der Waals surface area contributed by atoms with Crippen LogP contribution in [0.3, 0.4) is 0 Å². The largest absolute Gasteiger partial charge is 0.496 e. The molecule has 22 heavy (non-hydrogen) atoms. The number of benzene rings is 1. The third-order valence-corrected chi connectivity index (χ3v) is 2.44. The average Bonchev–Trinajstić information content (AvgIpc) is 2.34. The number of hydrogen-bond acceptors (Lipinski definition) is 6. The minimum absolute atomic E-state index is 0.0540. The zero-order valence-corrected chi connectivity index (χ0v) is 13.1. The van der Waals surface area contributed by atoms with Crippen LogP contribution in [-0.2, 0) is 9.53 Å². The lowest BCUT2D eigenvalue weighted by atomic mass is 10.1. The lowest BCUT2D eigenvalue weighted by Gasteiger charge is -2.20. The van der Waals surface area contributed by atoms with Gasteiger partial charge in [-0.25, -0.2) is 4.79 Å². The van der Waals surface area contributed by atoms with Crippen LogP contribution in [0.1, 0.15) is 38.1 Å². The summed E-state index contributed by atoms with van der Waals surface area (Å²) >= 11 is 0. The number of nitro benzene ring substituents is 1. The van der Waals surface area contributed by atoms with Crippen molar-refractivity contribution in [2.75, 3.05) is 12.4 Å². The topological polar surface area (TPSA) is 108 Å². The number of rotatable bonds is 4. The molecule has 1 aromatic carbocycles. The molecule has 0 aromatic heterocycles. The molecule has 1 N–H and O–H groups in total. The number of hydrogen-bond donors (Lipinski definition) is 1. The molecule has 0 fully saturated rings. The van der Waals surface area contributed by atoms with Crippen molar-refractivity contribution < 1.29 is 24.0 Å². The van der Waals surface area contributed by atoms with Gasteiger partial charge in [-0.15, -0.1) is 0 Å². The lowest BCUT2D eigenvalue weighted by Crippen LogP contribution is -2.24. The molecule has 0 aliphatic heterocycles. The second-order valence-corrected chi connectivity index (χ2v) is 5.51. The predicted octanol–water partition coefficient (Wildman–Crippen LogP) is 2.52. The summed E-state index contributed by atoms with van der Waals surface area (Å²) in [5.41, 5.74) is -1.32. The molecule has 0 saturated heterocycles. The van der Waals surface area contributed by atoms with Crippen LogP contribution in [0.15, 0.2) is 12.1 Å². The summed E-state index contributed by atoms with van der Waals surface area (Å²) in [6, 6.07) is 2.25. The van der Waals surface area contributed by atoms with Gasteiger partial charge in [0.25, 0.3) is 5.69 Å². The van der Waals surface area contributed by atoms with Crippen molar-refractivity contribution in [2.24, 2.45) is 0 Å². The van der Waals surface area contributed by atoms with E-state index < -0.39 is 28.1 Å². The first-order valence-corrected chi connectivity index (χ1v) is 6.42. The normalized spacial score (nSPS) is 10.8. The second kappa shape index (κ2) is 6.42. The molecule has 0 spiro atoms. The van der Waals surface area contributed by atoms with Crippen molar-refractivity contribution in [3.63, 3.8) is 0 Å². The Hall–Kier alpha value is -2.64. The summed E-state index contributed by atoms with van der Waals surface area (Å²) in [6.45, 7) is 6.25. The van der Waals surface area contributed by atoms with Crippen LogP contribution in [0.4, 0.5) is 11.4 Å². The van der Waals surface area contributed by atoms with Crippen molar-refractivity contribution >= 4 is 23.3 Å². The monoisotopic (exact) mass is 310 g/mol. The maximum atomic E-state index is 12.1. The van der Waals surface area contributed by atoms with Crippen molar-refractivity contribution in [3.8, 4) is 5.75 Å². The van der Waals surface area contributed by atoms with Crippen molar-refractivity contribution in [1.82, 2.24) is 0 Å². The van der Waals surface area contributed by atoms with Crippen molar-refractivity contribution in [3.05, 3.63) is 27.8 Å². The predicted molar refractivity (Wildman–Crippen MR) is 79.1 cm³/mol. The van der Waals surface area contributed by atoms with E-state index in [1.54, 1.807) is 20.8 Å². The Morgan fingerprint density at radius 2 is 1.86 bits per heavy atom. The fraction of sp³-hybridized carbons (Fsp3) is 0.429. The Kier molecular flexibility index (Phi) is 5.08. The SMILES string of the molecule is COc1cc(NC(C)=O)c([N+](=O)[O-])cc1C(=O)OC(C)(C)C. The van der Waals surface area contributed by atoms with Gasteiger partial charge in [-0.1, -0.05) is 0 Å². The number of ether oxygens (including phenoxy) is 2. The van der Waals surface area contributed by atoms with Gasteiger partial charge in [-0.2, -0.15) is 0 Å². The van der Waals surface area contributed by atoms with Gasteiger partial charge in [0.1, 0.15) is 22.6 Å². The van der Waals surface area contributed by atoms with Crippen LogP contribution in [-0.4, -0.2) is 29.5 Å². The number of nitrogens with zero attached hydrogens (tertiary/aromatic N) is 1. The molecule has 0 radical (unpaired) electrons. The van der Waals surface area contributed by atoms with Gasteiger partial charge < -0.3 is 14.8 Å². The van der Waals surface area contributed by atoms with E-state index in [1.807, 2.05) is 0 Å². The number of amides is 1. The Balaban J connectivity index is 3.39. The number of carbonyl (C=O) groups excluding carboxylic acids is 2. The summed E-state index contributed by atoms with van der Waals surface area (Å²) in [5.74, 6) is -1.15. The zero-order valence-electron chi connectivity index (χ0n) is 13.1. The summed E-state index contributed by atoms with van der Waals surface area (Å²) < 4.78 is 10.3. The molecule has 0 unspecified atom stereocenters. The summed E-state index contributed by atoms with van der Waals surface area (Å²) in [4.78, 5) is 33.7. The van der Waals surface area contributed by atoms with Gasteiger partial charge in [0.05, 0.1) is 12.0 Å². The third kappa shape index (κ3) is 4.44. The first kappa shape index (κ1) is 17.4. The number of anilines is 1. The quantitative estimate of drug-likeness (QED) is 0.520. The minimum Gasteiger partial charge on any atom is -0.496 e. The molecule has 1 rings (SSSR count). The highest BCUT2D eigenvalue weighted by Gasteiger charge is 2.26. The van der Waals surface area contributed by atoms with Crippen LogP contribution < -0.4 is 10.1 Å². The molecule has 8 nitrogen and oxygen atoms in total. The lowest BCUT2D eigenvalue weighted by molar-refractivity contribution is -0.384. The molecule has 1 amide bonds. The van der Waals surface area contributed by atoms with Crippen molar-refractivity contribution in [2.45, 2.75) is 33.3 Å². The molecule has 0 saturated carbocycles. The second-order valence-electron chi connectivity index (χ2n) is 5.51. The van der Waals surface area contributed by atoms with E-state index in [0.717, 1.165) is 6.07 Å².